The minimum atomic E-state index is -0.474. The summed E-state index contributed by atoms with van der Waals surface area (Å²) in [5.74, 6) is 1.55. The maximum Gasteiger partial charge on any atom is 0.248 e. The standard InChI is InChI=1S/C24H38N8O/c1-15(2)13-31(7)23-29-21(26-18-10-11-32(14-18)24(4,5)6)28-22(30-23)27-19-12-17(20(25)33)9-8-16(19)3/h8-9,12,15,18H,10-11,13-14H2,1-7H3,(H2,25,33)(H2,26,27,28,29,30). The molecule has 0 radical (unpaired) electrons. The summed E-state index contributed by atoms with van der Waals surface area (Å²) < 4.78 is 0. The highest BCUT2D eigenvalue weighted by Gasteiger charge is 2.30. The van der Waals surface area contributed by atoms with Gasteiger partial charge in [0.1, 0.15) is 0 Å². The van der Waals surface area contributed by atoms with Crippen molar-refractivity contribution in [3.63, 3.8) is 0 Å². The molecule has 1 aromatic heterocycles. The lowest BCUT2D eigenvalue weighted by atomic mass is 10.1. The normalized spacial score (nSPS) is 16.8. The highest BCUT2D eigenvalue weighted by Crippen LogP contribution is 2.25. The number of likely N-dealkylation sites (tertiary alicyclic amines) is 1. The number of primary amides is 1. The van der Waals surface area contributed by atoms with Crippen molar-refractivity contribution < 1.29 is 4.79 Å². The Morgan fingerprint density at radius 2 is 1.94 bits per heavy atom. The minimum Gasteiger partial charge on any atom is -0.366 e. The van der Waals surface area contributed by atoms with Crippen LogP contribution in [0.15, 0.2) is 18.2 Å². The molecule has 1 aliphatic rings. The Morgan fingerprint density at radius 1 is 1.24 bits per heavy atom. The van der Waals surface area contributed by atoms with E-state index in [1.165, 1.54) is 0 Å². The third-order valence-electron chi connectivity index (χ3n) is 5.84. The van der Waals surface area contributed by atoms with Crippen LogP contribution in [0.25, 0.3) is 0 Å². The van der Waals surface area contributed by atoms with Gasteiger partial charge in [0.25, 0.3) is 0 Å². The van der Waals surface area contributed by atoms with Crippen LogP contribution in [0, 0.1) is 12.8 Å². The van der Waals surface area contributed by atoms with Crippen molar-refractivity contribution in [3.05, 3.63) is 29.3 Å². The number of aryl methyl sites for hydroxylation is 1. The largest absolute Gasteiger partial charge is 0.366 e. The summed E-state index contributed by atoms with van der Waals surface area (Å²) in [4.78, 5) is 30.2. The van der Waals surface area contributed by atoms with Crippen LogP contribution in [0.1, 0.15) is 57.0 Å². The van der Waals surface area contributed by atoms with Crippen molar-refractivity contribution in [1.82, 2.24) is 19.9 Å². The molecule has 33 heavy (non-hydrogen) atoms. The quantitative estimate of drug-likeness (QED) is 0.556. The van der Waals surface area contributed by atoms with E-state index >= 15 is 0 Å². The summed E-state index contributed by atoms with van der Waals surface area (Å²) in [6.07, 6.45) is 1.03. The maximum absolute atomic E-state index is 11.6. The van der Waals surface area contributed by atoms with Crippen molar-refractivity contribution in [3.8, 4) is 0 Å². The van der Waals surface area contributed by atoms with Gasteiger partial charge < -0.3 is 21.3 Å². The molecule has 1 atom stereocenters. The van der Waals surface area contributed by atoms with Gasteiger partial charge in [0.15, 0.2) is 0 Å². The first kappa shape index (κ1) is 24.7. The highest BCUT2D eigenvalue weighted by molar-refractivity contribution is 5.94. The molecular weight excluding hydrogens is 416 g/mol. The molecule has 0 bridgehead atoms. The minimum absolute atomic E-state index is 0.133. The van der Waals surface area contributed by atoms with Gasteiger partial charge in [-0.15, -0.1) is 0 Å². The predicted molar refractivity (Wildman–Crippen MR) is 134 cm³/mol. The first-order chi connectivity index (χ1) is 15.4. The molecule has 2 heterocycles. The van der Waals surface area contributed by atoms with Gasteiger partial charge in [0.2, 0.25) is 23.8 Å². The van der Waals surface area contributed by atoms with E-state index in [-0.39, 0.29) is 11.6 Å². The van der Waals surface area contributed by atoms with Gasteiger partial charge in [-0.25, -0.2) is 0 Å². The Morgan fingerprint density at radius 3 is 2.55 bits per heavy atom. The molecule has 1 amide bonds. The van der Waals surface area contributed by atoms with E-state index in [0.717, 1.165) is 37.3 Å². The van der Waals surface area contributed by atoms with Crippen molar-refractivity contribution in [1.29, 1.82) is 0 Å². The second-order valence-corrected chi connectivity index (χ2v) is 10.3. The van der Waals surface area contributed by atoms with E-state index in [2.05, 4.69) is 60.1 Å². The zero-order valence-electron chi connectivity index (χ0n) is 20.9. The van der Waals surface area contributed by atoms with Gasteiger partial charge in [-0.2, -0.15) is 15.0 Å². The second kappa shape index (κ2) is 9.91. The Hall–Kier alpha value is -2.94. The molecule has 0 spiro atoms. The number of hydrogen-bond donors (Lipinski definition) is 3. The summed E-state index contributed by atoms with van der Waals surface area (Å²) in [5.41, 5.74) is 7.73. The predicted octanol–water partition coefficient (Wildman–Crippen LogP) is 3.40. The number of aromatic nitrogens is 3. The molecule has 1 aromatic carbocycles. The van der Waals surface area contributed by atoms with E-state index < -0.39 is 5.91 Å². The first-order valence-electron chi connectivity index (χ1n) is 11.6. The van der Waals surface area contributed by atoms with E-state index in [9.17, 15) is 4.79 Å². The molecule has 1 aliphatic heterocycles. The molecule has 1 saturated heterocycles. The number of nitrogens with zero attached hydrogens (tertiary/aromatic N) is 5. The van der Waals surface area contributed by atoms with E-state index in [4.69, 9.17) is 10.7 Å². The lowest BCUT2D eigenvalue weighted by Crippen LogP contribution is -2.40. The van der Waals surface area contributed by atoms with Crippen LogP contribution >= 0.6 is 0 Å². The Labute approximate surface area is 197 Å². The molecule has 0 saturated carbocycles. The van der Waals surface area contributed by atoms with Crippen molar-refractivity contribution in [2.45, 2.75) is 59.5 Å². The number of anilines is 4. The number of nitrogens with two attached hydrogens (primary N) is 1. The number of carbonyl (C=O) groups excluding carboxylic acids is 1. The van der Waals surface area contributed by atoms with Gasteiger partial charge in [0.05, 0.1) is 0 Å². The molecule has 4 N–H and O–H groups in total. The lowest BCUT2D eigenvalue weighted by Gasteiger charge is -2.31. The molecule has 3 rings (SSSR count). The zero-order chi connectivity index (χ0) is 24.3. The summed E-state index contributed by atoms with van der Waals surface area (Å²) in [6, 6.07) is 5.56. The number of benzene rings is 1. The fourth-order valence-electron chi connectivity index (χ4n) is 3.99. The Bertz CT molecular complexity index is 985. The number of nitrogens with one attached hydrogen (secondary N) is 2. The van der Waals surface area contributed by atoms with Gasteiger partial charge in [-0.1, -0.05) is 19.9 Å². The lowest BCUT2D eigenvalue weighted by molar-refractivity contribution is 0.100. The van der Waals surface area contributed by atoms with Crippen LogP contribution in [0.3, 0.4) is 0 Å². The maximum atomic E-state index is 11.6. The van der Waals surface area contributed by atoms with Crippen molar-refractivity contribution in [2.75, 3.05) is 42.2 Å². The number of hydrogen-bond acceptors (Lipinski definition) is 8. The van der Waals surface area contributed by atoms with Crippen molar-refractivity contribution >= 4 is 29.4 Å². The number of carbonyl (C=O) groups is 1. The van der Waals surface area contributed by atoms with Crippen LogP contribution < -0.4 is 21.3 Å². The van der Waals surface area contributed by atoms with Crippen LogP contribution in [0.5, 0.6) is 0 Å². The Balaban J connectivity index is 1.88. The van der Waals surface area contributed by atoms with Gasteiger partial charge in [-0.05, 0) is 57.7 Å². The van der Waals surface area contributed by atoms with E-state index in [1.54, 1.807) is 12.1 Å². The van der Waals surface area contributed by atoms with E-state index in [1.807, 2.05) is 24.9 Å². The summed E-state index contributed by atoms with van der Waals surface area (Å²) >= 11 is 0. The SMILES string of the molecule is Cc1ccc(C(N)=O)cc1Nc1nc(NC2CCN(C(C)(C)C)C2)nc(N(C)CC(C)C)n1. The molecule has 2 aromatic rings. The molecule has 180 valence electrons. The Kier molecular flexibility index (Phi) is 7.41. The van der Waals surface area contributed by atoms with Gasteiger partial charge >= 0.3 is 0 Å². The first-order valence-corrected chi connectivity index (χ1v) is 11.6. The smallest absolute Gasteiger partial charge is 0.248 e. The highest BCUT2D eigenvalue weighted by atomic mass is 16.1. The number of amides is 1. The molecule has 9 nitrogen and oxygen atoms in total. The zero-order valence-corrected chi connectivity index (χ0v) is 20.9. The average molecular weight is 455 g/mol. The molecule has 1 fully saturated rings. The summed E-state index contributed by atoms with van der Waals surface area (Å²) in [5, 5.41) is 6.78. The fraction of sp³-hybridized carbons (Fsp3) is 0.583. The van der Waals surface area contributed by atoms with E-state index in [0.29, 0.717) is 29.3 Å². The summed E-state index contributed by atoms with van der Waals surface area (Å²) in [6.45, 7) is 15.8. The average Bonchev–Trinajstić information content (AvgIpc) is 3.18. The molecule has 0 aliphatic carbocycles. The second-order valence-electron chi connectivity index (χ2n) is 10.3. The molecule has 1 unspecified atom stereocenters. The van der Waals surface area contributed by atoms with Crippen LogP contribution in [-0.2, 0) is 0 Å². The fourth-order valence-corrected chi connectivity index (χ4v) is 3.99. The van der Waals surface area contributed by atoms with Crippen LogP contribution in [-0.4, -0.2) is 64.0 Å². The van der Waals surface area contributed by atoms with Gasteiger partial charge in [0, 0.05) is 49.5 Å². The summed E-state index contributed by atoms with van der Waals surface area (Å²) in [7, 11) is 1.98. The molecule has 9 heteroatoms. The monoisotopic (exact) mass is 454 g/mol. The number of rotatable bonds is 8. The van der Waals surface area contributed by atoms with Gasteiger partial charge in [-0.3, -0.25) is 9.69 Å². The third kappa shape index (κ3) is 6.54. The molecular formula is C24H38N8O. The third-order valence-corrected chi connectivity index (χ3v) is 5.84. The van der Waals surface area contributed by atoms with Crippen LogP contribution in [0.4, 0.5) is 23.5 Å². The van der Waals surface area contributed by atoms with Crippen molar-refractivity contribution in [2.24, 2.45) is 11.7 Å². The topological polar surface area (TPSA) is 112 Å². The van der Waals surface area contributed by atoms with Crippen LogP contribution in [0.2, 0.25) is 0 Å².